The summed E-state index contributed by atoms with van der Waals surface area (Å²) < 4.78 is 14.9. The first-order valence-electron chi connectivity index (χ1n) is 5.51. The van der Waals surface area contributed by atoms with E-state index >= 15 is 0 Å². The molecule has 0 aliphatic carbocycles. The third-order valence-electron chi connectivity index (χ3n) is 2.18. The number of carbonyl (C=O) groups excluding carboxylic acids is 2. The van der Waals surface area contributed by atoms with E-state index in [-0.39, 0.29) is 6.04 Å². The zero-order chi connectivity index (χ0) is 13.1. The van der Waals surface area contributed by atoms with Gasteiger partial charge in [-0.1, -0.05) is 0 Å². The summed E-state index contributed by atoms with van der Waals surface area (Å²) in [4.78, 5) is 22.6. The van der Waals surface area contributed by atoms with Crippen molar-refractivity contribution in [1.29, 1.82) is 0 Å². The van der Waals surface area contributed by atoms with Crippen LogP contribution in [0, 0.1) is 0 Å². The van der Waals surface area contributed by atoms with Gasteiger partial charge in [0.05, 0.1) is 19.8 Å². The number of amides is 1. The molecule has 6 heteroatoms. The van der Waals surface area contributed by atoms with Gasteiger partial charge in [0.2, 0.25) is 0 Å². The van der Waals surface area contributed by atoms with Crippen molar-refractivity contribution >= 4 is 12.1 Å². The van der Waals surface area contributed by atoms with Crippen LogP contribution in [-0.4, -0.2) is 43.5 Å². The van der Waals surface area contributed by atoms with E-state index in [1.54, 1.807) is 20.8 Å². The molecule has 0 bridgehead atoms. The van der Waals surface area contributed by atoms with Gasteiger partial charge in [0.15, 0.2) is 6.10 Å². The average molecular weight is 245 g/mol. The molecule has 1 N–H and O–H groups in total. The molecule has 1 amide bonds. The normalized spacial score (nSPS) is 24.2. The Morgan fingerprint density at radius 2 is 2.00 bits per heavy atom. The summed E-state index contributed by atoms with van der Waals surface area (Å²) in [6, 6.07) is -0.214. The number of hydrogen-bond donors (Lipinski definition) is 1. The van der Waals surface area contributed by atoms with Crippen molar-refractivity contribution in [2.45, 2.75) is 44.9 Å². The van der Waals surface area contributed by atoms with E-state index in [1.807, 2.05) is 0 Å². The van der Waals surface area contributed by atoms with Gasteiger partial charge in [-0.05, 0) is 20.8 Å². The van der Waals surface area contributed by atoms with Gasteiger partial charge in [-0.3, -0.25) is 0 Å². The molecule has 0 aromatic carbocycles. The van der Waals surface area contributed by atoms with E-state index in [9.17, 15) is 9.59 Å². The minimum atomic E-state index is -0.597. The van der Waals surface area contributed by atoms with Crippen molar-refractivity contribution in [3.63, 3.8) is 0 Å². The molecule has 1 aliphatic heterocycles. The smallest absolute Gasteiger partial charge is 0.407 e. The van der Waals surface area contributed by atoms with Crippen molar-refractivity contribution in [3.05, 3.63) is 0 Å². The molecular formula is C11H19NO5. The molecule has 2 atom stereocenters. The fourth-order valence-corrected chi connectivity index (χ4v) is 1.50. The number of nitrogens with one attached hydrogen (secondary N) is 1. The van der Waals surface area contributed by atoms with Crippen LogP contribution >= 0.6 is 0 Å². The number of hydrogen-bond acceptors (Lipinski definition) is 5. The number of methoxy groups -OCH3 is 1. The first-order valence-corrected chi connectivity index (χ1v) is 5.51. The molecule has 6 nitrogen and oxygen atoms in total. The largest absolute Gasteiger partial charge is 0.467 e. The van der Waals surface area contributed by atoms with Gasteiger partial charge in [-0.25, -0.2) is 9.59 Å². The van der Waals surface area contributed by atoms with Crippen LogP contribution in [0.15, 0.2) is 0 Å². The van der Waals surface area contributed by atoms with E-state index < -0.39 is 23.8 Å². The highest BCUT2D eigenvalue weighted by molar-refractivity contribution is 5.75. The predicted molar refractivity (Wildman–Crippen MR) is 59.5 cm³/mol. The highest BCUT2D eigenvalue weighted by Gasteiger charge is 2.33. The van der Waals surface area contributed by atoms with Gasteiger partial charge in [0.1, 0.15) is 5.60 Å². The third-order valence-corrected chi connectivity index (χ3v) is 2.18. The number of esters is 1. The molecule has 1 rings (SSSR count). The van der Waals surface area contributed by atoms with E-state index in [0.717, 1.165) is 0 Å². The zero-order valence-electron chi connectivity index (χ0n) is 10.6. The molecule has 1 aliphatic rings. The van der Waals surface area contributed by atoms with Crippen LogP contribution in [0.5, 0.6) is 0 Å². The summed E-state index contributed by atoms with van der Waals surface area (Å²) in [7, 11) is 1.31. The Labute approximate surface area is 101 Å². The van der Waals surface area contributed by atoms with E-state index in [4.69, 9.17) is 9.47 Å². The van der Waals surface area contributed by atoms with Crippen molar-refractivity contribution in [2.75, 3.05) is 13.7 Å². The lowest BCUT2D eigenvalue weighted by Crippen LogP contribution is -2.39. The molecule has 0 radical (unpaired) electrons. The second-order valence-electron chi connectivity index (χ2n) is 4.92. The molecule has 1 saturated heterocycles. The Balaban J connectivity index is 2.35. The number of ether oxygens (including phenoxy) is 3. The fourth-order valence-electron chi connectivity index (χ4n) is 1.50. The van der Waals surface area contributed by atoms with E-state index in [2.05, 4.69) is 10.1 Å². The van der Waals surface area contributed by atoms with Crippen LogP contribution in [0.3, 0.4) is 0 Å². The lowest BCUT2D eigenvalue weighted by Gasteiger charge is -2.21. The Hall–Kier alpha value is -1.30. The third kappa shape index (κ3) is 4.60. The van der Waals surface area contributed by atoms with Crippen molar-refractivity contribution in [3.8, 4) is 0 Å². The highest BCUT2D eigenvalue weighted by atomic mass is 16.6. The Bertz CT molecular complexity index is 297. The Kier molecular flexibility index (Phi) is 4.34. The maximum atomic E-state index is 11.5. The summed E-state index contributed by atoms with van der Waals surface area (Å²) in [5, 5.41) is 2.65. The SMILES string of the molecule is COC(=O)[C@@H]1C[C@H](NC(=O)OC(C)(C)C)CO1. The lowest BCUT2D eigenvalue weighted by molar-refractivity contribution is -0.151. The minimum absolute atomic E-state index is 0.214. The van der Waals surface area contributed by atoms with Gasteiger partial charge >= 0.3 is 12.1 Å². The second kappa shape index (κ2) is 5.35. The molecule has 1 heterocycles. The molecular weight excluding hydrogens is 226 g/mol. The van der Waals surface area contributed by atoms with Crippen LogP contribution in [-0.2, 0) is 19.0 Å². The van der Waals surface area contributed by atoms with Gasteiger partial charge in [-0.2, -0.15) is 0 Å². The van der Waals surface area contributed by atoms with Gasteiger partial charge < -0.3 is 19.5 Å². The van der Waals surface area contributed by atoms with Crippen LogP contribution in [0.2, 0.25) is 0 Å². The standard InChI is InChI=1S/C11H19NO5/c1-11(2,3)17-10(14)12-7-5-8(16-6-7)9(13)15-4/h7-8H,5-6H2,1-4H3,(H,12,14)/t7-,8-/m0/s1. The summed E-state index contributed by atoms with van der Waals surface area (Å²) in [6.07, 6.45) is -0.692. The lowest BCUT2D eigenvalue weighted by atomic mass is 10.2. The maximum absolute atomic E-state index is 11.5. The first-order chi connectivity index (χ1) is 7.81. The van der Waals surface area contributed by atoms with Crippen molar-refractivity contribution < 1.29 is 23.8 Å². The molecule has 0 saturated carbocycles. The topological polar surface area (TPSA) is 73.9 Å². The quantitative estimate of drug-likeness (QED) is 0.730. The molecule has 1 fully saturated rings. The zero-order valence-corrected chi connectivity index (χ0v) is 10.6. The number of alkyl carbamates (subject to hydrolysis) is 1. The van der Waals surface area contributed by atoms with E-state index in [1.165, 1.54) is 7.11 Å². The number of carbonyl (C=O) groups is 2. The number of rotatable bonds is 2. The van der Waals surface area contributed by atoms with Crippen LogP contribution in [0.25, 0.3) is 0 Å². The van der Waals surface area contributed by atoms with Crippen LogP contribution in [0.1, 0.15) is 27.2 Å². The fraction of sp³-hybridized carbons (Fsp3) is 0.818. The highest BCUT2D eigenvalue weighted by Crippen LogP contribution is 2.15. The molecule has 0 unspecified atom stereocenters. The molecule has 0 spiro atoms. The summed E-state index contributed by atoms with van der Waals surface area (Å²) in [5.74, 6) is -0.418. The summed E-state index contributed by atoms with van der Waals surface area (Å²) >= 11 is 0. The maximum Gasteiger partial charge on any atom is 0.407 e. The molecule has 98 valence electrons. The molecule has 0 aromatic heterocycles. The van der Waals surface area contributed by atoms with Crippen molar-refractivity contribution in [1.82, 2.24) is 5.32 Å². The van der Waals surface area contributed by atoms with Crippen LogP contribution in [0.4, 0.5) is 4.79 Å². The Morgan fingerprint density at radius 1 is 1.35 bits per heavy atom. The van der Waals surface area contributed by atoms with Crippen molar-refractivity contribution in [2.24, 2.45) is 0 Å². The summed E-state index contributed by atoms with van der Waals surface area (Å²) in [5.41, 5.74) is -0.536. The minimum Gasteiger partial charge on any atom is -0.467 e. The van der Waals surface area contributed by atoms with Gasteiger partial charge in [-0.15, -0.1) is 0 Å². The Morgan fingerprint density at radius 3 is 2.53 bits per heavy atom. The average Bonchev–Trinajstić information content (AvgIpc) is 2.62. The summed E-state index contributed by atoms with van der Waals surface area (Å²) in [6.45, 7) is 5.65. The first kappa shape index (κ1) is 13.8. The van der Waals surface area contributed by atoms with Gasteiger partial charge in [0, 0.05) is 6.42 Å². The van der Waals surface area contributed by atoms with E-state index in [0.29, 0.717) is 13.0 Å². The monoisotopic (exact) mass is 245 g/mol. The molecule has 0 aromatic rings. The molecule has 17 heavy (non-hydrogen) atoms. The van der Waals surface area contributed by atoms with Crippen LogP contribution < -0.4 is 5.32 Å². The predicted octanol–water partition coefficient (Wildman–Crippen LogP) is 0.842. The second-order valence-corrected chi connectivity index (χ2v) is 4.92. The van der Waals surface area contributed by atoms with Gasteiger partial charge in [0.25, 0.3) is 0 Å².